The van der Waals surface area contributed by atoms with Gasteiger partial charge in [-0.25, -0.2) is 0 Å². The number of hydrogen-bond acceptors (Lipinski definition) is 5. The molecule has 0 saturated carbocycles. The van der Waals surface area contributed by atoms with Crippen LogP contribution in [-0.4, -0.2) is 84.6 Å². The van der Waals surface area contributed by atoms with Gasteiger partial charge >= 0.3 is 0 Å². The van der Waals surface area contributed by atoms with Crippen LogP contribution >= 0.6 is 0 Å². The predicted octanol–water partition coefficient (Wildman–Crippen LogP) is -1.29. The fourth-order valence-electron chi connectivity index (χ4n) is 2.93. The first kappa shape index (κ1) is 13.2. The van der Waals surface area contributed by atoms with Crippen molar-refractivity contribution >= 4 is 0 Å². The molecule has 0 unspecified atom stereocenters. The van der Waals surface area contributed by atoms with Gasteiger partial charge < -0.3 is 15.5 Å². The number of aliphatic hydroxyl groups excluding tert-OH is 2. The van der Waals surface area contributed by atoms with Crippen LogP contribution in [0.4, 0.5) is 0 Å². The molecule has 3 N–H and O–H groups in total. The lowest BCUT2D eigenvalue weighted by Crippen LogP contribution is -2.56. The second-order valence-corrected chi connectivity index (χ2v) is 5.07. The first-order valence-corrected chi connectivity index (χ1v) is 6.75. The van der Waals surface area contributed by atoms with Gasteiger partial charge in [-0.15, -0.1) is 0 Å². The Morgan fingerprint density at radius 3 is 2.12 bits per heavy atom. The van der Waals surface area contributed by atoms with E-state index in [1.807, 2.05) is 0 Å². The standard InChI is InChI=1S/C12H25N3O2/c16-9-12(10-17)15-7-5-14(6-8-15)11-1-3-13-4-2-11/h11-13,16-17H,1-10H2. The Hall–Kier alpha value is -0.200. The molecule has 100 valence electrons. The van der Waals surface area contributed by atoms with Crippen LogP contribution in [0.25, 0.3) is 0 Å². The number of piperidine rings is 1. The van der Waals surface area contributed by atoms with Crippen LogP contribution in [-0.2, 0) is 0 Å². The number of piperazine rings is 1. The molecule has 0 bridgehead atoms. The Bertz CT molecular complexity index is 210. The van der Waals surface area contributed by atoms with Crippen LogP contribution in [0, 0.1) is 0 Å². The van der Waals surface area contributed by atoms with Crippen LogP contribution in [0.2, 0.25) is 0 Å². The molecule has 0 amide bonds. The normalized spacial score (nSPS) is 25.6. The summed E-state index contributed by atoms with van der Waals surface area (Å²) in [5, 5.41) is 21.7. The molecule has 0 spiro atoms. The van der Waals surface area contributed by atoms with Gasteiger partial charge in [0.2, 0.25) is 0 Å². The predicted molar refractivity (Wildman–Crippen MR) is 67.0 cm³/mol. The van der Waals surface area contributed by atoms with E-state index >= 15 is 0 Å². The zero-order chi connectivity index (χ0) is 12.1. The van der Waals surface area contributed by atoms with Gasteiger partial charge in [-0.05, 0) is 25.9 Å². The molecular weight excluding hydrogens is 218 g/mol. The van der Waals surface area contributed by atoms with Gasteiger partial charge in [0.25, 0.3) is 0 Å². The molecule has 0 aromatic heterocycles. The lowest BCUT2D eigenvalue weighted by atomic mass is 10.0. The average molecular weight is 243 g/mol. The van der Waals surface area contributed by atoms with Crippen molar-refractivity contribution in [2.75, 3.05) is 52.5 Å². The van der Waals surface area contributed by atoms with Gasteiger partial charge in [-0.1, -0.05) is 0 Å². The molecule has 5 heteroatoms. The summed E-state index contributed by atoms with van der Waals surface area (Å²) in [4.78, 5) is 4.78. The van der Waals surface area contributed by atoms with E-state index in [1.165, 1.54) is 12.8 Å². The Morgan fingerprint density at radius 2 is 1.59 bits per heavy atom. The second-order valence-electron chi connectivity index (χ2n) is 5.07. The lowest BCUT2D eigenvalue weighted by Gasteiger charge is -2.42. The van der Waals surface area contributed by atoms with Crippen LogP contribution < -0.4 is 5.32 Å². The van der Waals surface area contributed by atoms with E-state index in [1.54, 1.807) is 0 Å². The highest BCUT2D eigenvalue weighted by molar-refractivity contribution is 4.84. The van der Waals surface area contributed by atoms with Crippen molar-refractivity contribution < 1.29 is 10.2 Å². The van der Waals surface area contributed by atoms with Crippen molar-refractivity contribution in [3.63, 3.8) is 0 Å². The number of nitrogens with zero attached hydrogens (tertiary/aromatic N) is 2. The summed E-state index contributed by atoms with van der Waals surface area (Å²) < 4.78 is 0. The Morgan fingerprint density at radius 1 is 1.00 bits per heavy atom. The fraction of sp³-hybridized carbons (Fsp3) is 1.00. The molecule has 2 aliphatic rings. The summed E-state index contributed by atoms with van der Waals surface area (Å²) in [6, 6.07) is 0.672. The Labute approximate surface area is 103 Å². The highest BCUT2D eigenvalue weighted by Crippen LogP contribution is 2.15. The molecular formula is C12H25N3O2. The van der Waals surface area contributed by atoms with E-state index < -0.39 is 0 Å². The van der Waals surface area contributed by atoms with Crippen molar-refractivity contribution in [2.24, 2.45) is 0 Å². The summed E-state index contributed by atoms with van der Waals surface area (Å²) in [5.41, 5.74) is 0. The molecule has 0 aromatic carbocycles. The average Bonchev–Trinajstić information content (AvgIpc) is 2.42. The molecule has 5 nitrogen and oxygen atoms in total. The van der Waals surface area contributed by atoms with Crippen molar-refractivity contribution in [3.05, 3.63) is 0 Å². The van der Waals surface area contributed by atoms with E-state index in [9.17, 15) is 0 Å². The van der Waals surface area contributed by atoms with Gasteiger partial charge in [-0.3, -0.25) is 9.80 Å². The fourth-order valence-corrected chi connectivity index (χ4v) is 2.93. The minimum absolute atomic E-state index is 0.0594. The molecule has 2 fully saturated rings. The van der Waals surface area contributed by atoms with Crippen molar-refractivity contribution in [1.82, 2.24) is 15.1 Å². The van der Waals surface area contributed by atoms with Gasteiger partial charge in [0, 0.05) is 32.2 Å². The first-order valence-electron chi connectivity index (χ1n) is 6.75. The second kappa shape index (κ2) is 6.66. The summed E-state index contributed by atoms with van der Waals surface area (Å²) in [5.74, 6) is 0. The minimum Gasteiger partial charge on any atom is -0.395 e. The molecule has 0 aliphatic carbocycles. The molecule has 0 radical (unpaired) electrons. The smallest absolute Gasteiger partial charge is 0.0609 e. The molecule has 17 heavy (non-hydrogen) atoms. The van der Waals surface area contributed by atoms with E-state index in [4.69, 9.17) is 10.2 Å². The number of rotatable bonds is 4. The largest absolute Gasteiger partial charge is 0.395 e. The van der Waals surface area contributed by atoms with Crippen molar-refractivity contribution in [3.8, 4) is 0 Å². The van der Waals surface area contributed by atoms with Gasteiger partial charge in [0.05, 0.1) is 19.3 Å². The van der Waals surface area contributed by atoms with Crippen molar-refractivity contribution in [1.29, 1.82) is 0 Å². The van der Waals surface area contributed by atoms with E-state index in [0.29, 0.717) is 0 Å². The van der Waals surface area contributed by atoms with Crippen LogP contribution in [0.15, 0.2) is 0 Å². The SMILES string of the molecule is OCC(CO)N1CCN(C2CCNCC2)CC1. The molecule has 2 rings (SSSR count). The minimum atomic E-state index is -0.0647. The highest BCUT2D eigenvalue weighted by Gasteiger charge is 2.27. The Kier molecular flexibility index (Phi) is 5.18. The number of hydrogen-bond donors (Lipinski definition) is 3. The van der Waals surface area contributed by atoms with Crippen LogP contribution in [0.3, 0.4) is 0 Å². The first-order chi connectivity index (χ1) is 8.35. The third-order valence-corrected chi connectivity index (χ3v) is 4.11. The van der Waals surface area contributed by atoms with Gasteiger partial charge in [0.1, 0.15) is 0 Å². The topological polar surface area (TPSA) is 59.0 Å². The summed E-state index contributed by atoms with van der Waals surface area (Å²) in [6.07, 6.45) is 2.51. The molecule has 2 heterocycles. The number of aliphatic hydroxyl groups is 2. The van der Waals surface area contributed by atoms with Crippen molar-refractivity contribution in [2.45, 2.75) is 24.9 Å². The van der Waals surface area contributed by atoms with Gasteiger partial charge in [-0.2, -0.15) is 0 Å². The zero-order valence-electron chi connectivity index (χ0n) is 10.5. The Balaban J connectivity index is 1.76. The number of nitrogens with one attached hydrogen (secondary N) is 1. The van der Waals surface area contributed by atoms with E-state index in [-0.39, 0.29) is 19.3 Å². The molecule has 2 saturated heterocycles. The molecule has 2 aliphatic heterocycles. The zero-order valence-corrected chi connectivity index (χ0v) is 10.5. The van der Waals surface area contributed by atoms with Crippen LogP contribution in [0.1, 0.15) is 12.8 Å². The maximum Gasteiger partial charge on any atom is 0.0609 e. The van der Waals surface area contributed by atoms with Crippen LogP contribution in [0.5, 0.6) is 0 Å². The summed E-state index contributed by atoms with van der Waals surface area (Å²) in [6.45, 7) is 6.48. The molecule has 0 aromatic rings. The maximum atomic E-state index is 9.17. The third-order valence-electron chi connectivity index (χ3n) is 4.11. The summed E-state index contributed by atoms with van der Waals surface area (Å²) in [7, 11) is 0. The summed E-state index contributed by atoms with van der Waals surface area (Å²) >= 11 is 0. The third kappa shape index (κ3) is 3.39. The van der Waals surface area contributed by atoms with Gasteiger partial charge in [0.15, 0.2) is 0 Å². The monoisotopic (exact) mass is 243 g/mol. The lowest BCUT2D eigenvalue weighted by molar-refractivity contribution is 0.0191. The highest BCUT2D eigenvalue weighted by atomic mass is 16.3. The maximum absolute atomic E-state index is 9.17. The van der Waals surface area contributed by atoms with E-state index in [0.717, 1.165) is 45.3 Å². The molecule has 0 atom stereocenters. The van der Waals surface area contributed by atoms with E-state index in [2.05, 4.69) is 15.1 Å². The quantitative estimate of drug-likeness (QED) is 0.573.